The number of β-amino-alcohol motifs (C(OH)–C–C–N with tert-alkyl or cyclic N) is 2. The summed E-state index contributed by atoms with van der Waals surface area (Å²) in [6.07, 6.45) is -1.14. The molecule has 1 fully saturated rings. The number of hydrogen-bond donors (Lipinski definition) is 3. The largest absolute Gasteiger partial charge is 0.480 e. The first-order valence-electron chi connectivity index (χ1n) is 4.39. The van der Waals surface area contributed by atoms with E-state index in [1.807, 2.05) is 0 Å². The summed E-state index contributed by atoms with van der Waals surface area (Å²) in [5, 5.41) is 27.2. The van der Waals surface area contributed by atoms with Crippen molar-refractivity contribution in [1.82, 2.24) is 4.90 Å². The highest BCUT2D eigenvalue weighted by Crippen LogP contribution is 2.15. The molecule has 3 atom stereocenters. The molecule has 3 N–H and O–H groups in total. The van der Waals surface area contributed by atoms with Gasteiger partial charge in [-0.3, -0.25) is 9.69 Å². The van der Waals surface area contributed by atoms with E-state index in [1.165, 1.54) is 0 Å². The average molecular weight is 189 g/mol. The van der Waals surface area contributed by atoms with Gasteiger partial charge in [0, 0.05) is 13.1 Å². The Morgan fingerprint density at radius 3 is 2.23 bits per heavy atom. The maximum absolute atomic E-state index is 10.7. The van der Waals surface area contributed by atoms with Gasteiger partial charge in [-0.2, -0.15) is 0 Å². The van der Waals surface area contributed by atoms with Gasteiger partial charge in [-0.25, -0.2) is 0 Å². The van der Waals surface area contributed by atoms with Crippen LogP contribution in [0.15, 0.2) is 0 Å². The Kier molecular flexibility index (Phi) is 3.24. The lowest BCUT2D eigenvalue weighted by Gasteiger charge is -2.21. The predicted octanol–water partition coefficient (Wildman–Crippen LogP) is -1.11. The number of nitrogens with zero attached hydrogens (tertiary/aromatic N) is 1. The van der Waals surface area contributed by atoms with Crippen molar-refractivity contribution in [2.45, 2.75) is 31.6 Å². The zero-order valence-electron chi connectivity index (χ0n) is 7.55. The summed E-state index contributed by atoms with van der Waals surface area (Å²) >= 11 is 0. The molecule has 0 spiro atoms. The first-order valence-corrected chi connectivity index (χ1v) is 4.39. The van der Waals surface area contributed by atoms with Gasteiger partial charge in [-0.15, -0.1) is 0 Å². The summed E-state index contributed by atoms with van der Waals surface area (Å²) in [4.78, 5) is 12.3. The second kappa shape index (κ2) is 4.04. The van der Waals surface area contributed by atoms with Crippen molar-refractivity contribution in [1.29, 1.82) is 0 Å². The van der Waals surface area contributed by atoms with E-state index in [1.54, 1.807) is 11.8 Å². The maximum Gasteiger partial charge on any atom is 0.320 e. The zero-order chi connectivity index (χ0) is 10.0. The topological polar surface area (TPSA) is 81.0 Å². The van der Waals surface area contributed by atoms with E-state index in [-0.39, 0.29) is 13.1 Å². The standard InChI is InChI=1S/C8H15NO4/c1-2-5(8(12)13)9-3-6(10)7(11)4-9/h5-7,10-11H,2-4H2,1H3,(H,12,13). The second-order valence-corrected chi connectivity index (χ2v) is 3.35. The Morgan fingerprint density at radius 2 is 1.92 bits per heavy atom. The van der Waals surface area contributed by atoms with Crippen LogP contribution < -0.4 is 0 Å². The molecular weight excluding hydrogens is 174 g/mol. The van der Waals surface area contributed by atoms with Gasteiger partial charge in [0.2, 0.25) is 0 Å². The van der Waals surface area contributed by atoms with Crippen molar-refractivity contribution >= 4 is 5.97 Å². The number of rotatable bonds is 3. The molecule has 76 valence electrons. The average Bonchev–Trinajstić information content (AvgIpc) is 2.32. The minimum atomic E-state index is -0.899. The van der Waals surface area contributed by atoms with Crippen LogP contribution in [0.1, 0.15) is 13.3 Å². The second-order valence-electron chi connectivity index (χ2n) is 3.35. The third kappa shape index (κ3) is 2.18. The Bertz CT molecular complexity index is 187. The minimum absolute atomic E-state index is 0.242. The van der Waals surface area contributed by atoms with Gasteiger partial charge >= 0.3 is 5.97 Å². The minimum Gasteiger partial charge on any atom is -0.480 e. The van der Waals surface area contributed by atoms with E-state index < -0.39 is 24.2 Å². The third-order valence-electron chi connectivity index (χ3n) is 2.40. The number of hydrogen-bond acceptors (Lipinski definition) is 4. The number of likely N-dealkylation sites (tertiary alicyclic amines) is 1. The molecule has 5 heteroatoms. The highest BCUT2D eigenvalue weighted by molar-refractivity contribution is 5.73. The molecule has 1 aliphatic heterocycles. The van der Waals surface area contributed by atoms with Crippen LogP contribution in [0, 0.1) is 0 Å². The van der Waals surface area contributed by atoms with E-state index in [0.29, 0.717) is 6.42 Å². The van der Waals surface area contributed by atoms with E-state index in [0.717, 1.165) is 0 Å². The molecule has 1 saturated heterocycles. The Labute approximate surface area is 76.6 Å². The first kappa shape index (κ1) is 10.4. The van der Waals surface area contributed by atoms with Gasteiger partial charge in [-0.1, -0.05) is 6.92 Å². The van der Waals surface area contributed by atoms with Crippen LogP contribution in [0.4, 0.5) is 0 Å². The lowest BCUT2D eigenvalue weighted by atomic mass is 10.2. The van der Waals surface area contributed by atoms with E-state index >= 15 is 0 Å². The van der Waals surface area contributed by atoms with Gasteiger partial charge in [0.25, 0.3) is 0 Å². The van der Waals surface area contributed by atoms with Crippen LogP contribution in [-0.4, -0.2) is 57.5 Å². The van der Waals surface area contributed by atoms with E-state index in [2.05, 4.69) is 0 Å². The monoisotopic (exact) mass is 189 g/mol. The molecule has 0 aliphatic carbocycles. The van der Waals surface area contributed by atoms with Crippen molar-refractivity contribution in [2.24, 2.45) is 0 Å². The predicted molar refractivity (Wildman–Crippen MR) is 45.3 cm³/mol. The molecule has 0 bridgehead atoms. The number of carboxylic acid groups (broad SMARTS) is 1. The third-order valence-corrected chi connectivity index (χ3v) is 2.40. The molecule has 5 nitrogen and oxygen atoms in total. The first-order chi connectivity index (χ1) is 6.06. The maximum atomic E-state index is 10.7. The van der Waals surface area contributed by atoms with Crippen molar-refractivity contribution in [3.8, 4) is 0 Å². The number of aliphatic hydroxyl groups is 2. The molecule has 1 aliphatic rings. The Balaban J connectivity index is 2.57. The van der Waals surface area contributed by atoms with E-state index in [9.17, 15) is 15.0 Å². The van der Waals surface area contributed by atoms with Crippen molar-refractivity contribution < 1.29 is 20.1 Å². The molecule has 1 rings (SSSR count). The number of aliphatic hydroxyl groups excluding tert-OH is 2. The molecule has 0 aromatic rings. The lowest BCUT2D eigenvalue weighted by Crippen LogP contribution is -2.39. The highest BCUT2D eigenvalue weighted by atomic mass is 16.4. The zero-order valence-corrected chi connectivity index (χ0v) is 7.55. The molecule has 0 radical (unpaired) electrons. The van der Waals surface area contributed by atoms with Crippen LogP contribution in [0.25, 0.3) is 0 Å². The smallest absolute Gasteiger partial charge is 0.320 e. The fraction of sp³-hybridized carbons (Fsp3) is 0.875. The summed E-state index contributed by atoms with van der Waals surface area (Å²) in [6.45, 7) is 2.26. The summed E-state index contributed by atoms with van der Waals surface area (Å²) < 4.78 is 0. The van der Waals surface area contributed by atoms with Crippen molar-refractivity contribution in [3.63, 3.8) is 0 Å². The van der Waals surface area contributed by atoms with Crippen LogP contribution >= 0.6 is 0 Å². The van der Waals surface area contributed by atoms with Crippen LogP contribution in [0.3, 0.4) is 0 Å². The summed E-state index contributed by atoms with van der Waals surface area (Å²) in [6, 6.07) is -0.591. The molecule has 1 heterocycles. The number of carbonyl (C=O) groups is 1. The van der Waals surface area contributed by atoms with Crippen LogP contribution in [0.5, 0.6) is 0 Å². The quantitative estimate of drug-likeness (QED) is 0.524. The van der Waals surface area contributed by atoms with Gasteiger partial charge in [0.05, 0.1) is 12.2 Å². The van der Waals surface area contributed by atoms with Crippen molar-refractivity contribution in [3.05, 3.63) is 0 Å². The van der Waals surface area contributed by atoms with Gasteiger partial charge < -0.3 is 15.3 Å². The van der Waals surface area contributed by atoms with E-state index in [4.69, 9.17) is 5.11 Å². The molecule has 3 unspecified atom stereocenters. The van der Waals surface area contributed by atoms with Gasteiger partial charge in [0.1, 0.15) is 6.04 Å². The molecule has 13 heavy (non-hydrogen) atoms. The lowest BCUT2D eigenvalue weighted by molar-refractivity contribution is -0.143. The van der Waals surface area contributed by atoms with Gasteiger partial charge in [0.15, 0.2) is 0 Å². The normalized spacial score (nSPS) is 31.9. The number of aliphatic carboxylic acids is 1. The molecule has 0 aromatic carbocycles. The molecule has 0 saturated carbocycles. The molecule has 0 amide bonds. The number of carboxylic acids is 1. The summed E-state index contributed by atoms with van der Waals surface area (Å²) in [7, 11) is 0. The Hall–Kier alpha value is -0.650. The molecular formula is C8H15NO4. The fourth-order valence-electron chi connectivity index (χ4n) is 1.64. The summed E-state index contributed by atoms with van der Waals surface area (Å²) in [5.41, 5.74) is 0. The summed E-state index contributed by atoms with van der Waals surface area (Å²) in [5.74, 6) is -0.899. The van der Waals surface area contributed by atoms with Crippen LogP contribution in [0.2, 0.25) is 0 Å². The van der Waals surface area contributed by atoms with Gasteiger partial charge in [-0.05, 0) is 6.42 Å². The van der Waals surface area contributed by atoms with Crippen LogP contribution in [-0.2, 0) is 4.79 Å². The molecule has 0 aromatic heterocycles. The Morgan fingerprint density at radius 1 is 1.46 bits per heavy atom. The highest BCUT2D eigenvalue weighted by Gasteiger charge is 2.35. The SMILES string of the molecule is CCC(C(=O)O)N1CC(O)C(O)C1. The fourth-order valence-corrected chi connectivity index (χ4v) is 1.64. The van der Waals surface area contributed by atoms with Crippen molar-refractivity contribution in [2.75, 3.05) is 13.1 Å².